The monoisotopic (exact) mass is 219 g/mol. The fraction of sp³-hybridized carbons (Fsp3) is 0.455. The molecule has 2 N–H and O–H groups in total. The van der Waals surface area contributed by atoms with Gasteiger partial charge in [0.1, 0.15) is 11.6 Å². The molecule has 0 aliphatic carbocycles. The Morgan fingerprint density at radius 1 is 1.31 bits per heavy atom. The quantitative estimate of drug-likeness (QED) is 0.824. The molecule has 0 atom stereocenters. The second-order valence-corrected chi connectivity index (χ2v) is 3.79. The van der Waals surface area contributed by atoms with Gasteiger partial charge in [-0.2, -0.15) is 5.10 Å². The van der Waals surface area contributed by atoms with Crippen LogP contribution in [0, 0.1) is 0 Å². The van der Waals surface area contributed by atoms with Crippen LogP contribution in [0.5, 0.6) is 0 Å². The summed E-state index contributed by atoms with van der Waals surface area (Å²) in [6.45, 7) is 3.87. The number of nitrogens with zero attached hydrogens (tertiary/aromatic N) is 4. The SMILES string of the molecule is CCCc1nccn1CCn1ccc(N)n1. The number of aryl methyl sites for hydroxylation is 3. The van der Waals surface area contributed by atoms with Crippen LogP contribution >= 0.6 is 0 Å². The molecule has 0 unspecified atom stereocenters. The van der Waals surface area contributed by atoms with Crippen LogP contribution in [0.4, 0.5) is 5.82 Å². The van der Waals surface area contributed by atoms with Crippen molar-refractivity contribution < 1.29 is 0 Å². The van der Waals surface area contributed by atoms with E-state index in [1.54, 1.807) is 6.07 Å². The molecular formula is C11H17N5. The molecule has 0 aromatic carbocycles. The zero-order valence-corrected chi connectivity index (χ0v) is 9.50. The van der Waals surface area contributed by atoms with Crippen LogP contribution < -0.4 is 5.73 Å². The van der Waals surface area contributed by atoms with E-state index in [1.807, 2.05) is 23.3 Å². The molecule has 2 heterocycles. The van der Waals surface area contributed by atoms with Crippen molar-refractivity contribution in [2.75, 3.05) is 5.73 Å². The van der Waals surface area contributed by atoms with Crippen molar-refractivity contribution in [2.24, 2.45) is 0 Å². The van der Waals surface area contributed by atoms with Gasteiger partial charge in [-0.05, 0) is 12.5 Å². The molecule has 0 saturated heterocycles. The molecule has 0 aliphatic rings. The lowest BCUT2D eigenvalue weighted by Crippen LogP contribution is -2.10. The van der Waals surface area contributed by atoms with Crippen molar-refractivity contribution in [2.45, 2.75) is 32.9 Å². The minimum atomic E-state index is 0.569. The summed E-state index contributed by atoms with van der Waals surface area (Å²) in [7, 11) is 0. The first-order chi connectivity index (χ1) is 7.79. The zero-order valence-electron chi connectivity index (χ0n) is 9.50. The van der Waals surface area contributed by atoms with Gasteiger partial charge in [-0.25, -0.2) is 4.98 Å². The van der Waals surface area contributed by atoms with E-state index in [1.165, 1.54) is 0 Å². The summed E-state index contributed by atoms with van der Waals surface area (Å²) < 4.78 is 4.02. The van der Waals surface area contributed by atoms with Crippen molar-refractivity contribution in [3.63, 3.8) is 0 Å². The van der Waals surface area contributed by atoms with Crippen molar-refractivity contribution in [1.82, 2.24) is 19.3 Å². The first-order valence-corrected chi connectivity index (χ1v) is 5.58. The number of imidazole rings is 1. The highest BCUT2D eigenvalue weighted by molar-refractivity contribution is 5.23. The number of hydrogen-bond donors (Lipinski definition) is 1. The summed E-state index contributed by atoms with van der Waals surface area (Å²) in [4.78, 5) is 4.33. The number of anilines is 1. The van der Waals surface area contributed by atoms with E-state index in [0.29, 0.717) is 5.82 Å². The Morgan fingerprint density at radius 2 is 2.19 bits per heavy atom. The Balaban J connectivity index is 1.96. The smallest absolute Gasteiger partial charge is 0.145 e. The molecule has 2 aromatic heterocycles. The van der Waals surface area contributed by atoms with Crippen LogP contribution in [-0.2, 0) is 19.5 Å². The molecule has 0 amide bonds. The van der Waals surface area contributed by atoms with Gasteiger partial charge in [-0.15, -0.1) is 0 Å². The second-order valence-electron chi connectivity index (χ2n) is 3.79. The van der Waals surface area contributed by atoms with E-state index in [0.717, 1.165) is 31.8 Å². The molecule has 86 valence electrons. The van der Waals surface area contributed by atoms with E-state index in [2.05, 4.69) is 21.6 Å². The lowest BCUT2D eigenvalue weighted by atomic mass is 10.3. The van der Waals surface area contributed by atoms with Crippen LogP contribution in [0.25, 0.3) is 0 Å². The standard InChI is InChI=1S/C11H17N5/c1-2-3-11-13-5-7-15(11)8-9-16-6-4-10(12)14-16/h4-7H,2-3,8-9H2,1H3,(H2,12,14). The molecule has 0 bridgehead atoms. The lowest BCUT2D eigenvalue weighted by Gasteiger charge is -2.06. The van der Waals surface area contributed by atoms with Crippen LogP contribution in [0.3, 0.4) is 0 Å². The van der Waals surface area contributed by atoms with Crippen molar-refractivity contribution in [3.05, 3.63) is 30.5 Å². The van der Waals surface area contributed by atoms with Crippen molar-refractivity contribution >= 4 is 5.82 Å². The predicted molar refractivity (Wildman–Crippen MR) is 62.9 cm³/mol. The van der Waals surface area contributed by atoms with E-state index >= 15 is 0 Å². The first kappa shape index (κ1) is 10.7. The van der Waals surface area contributed by atoms with Gasteiger partial charge in [0.15, 0.2) is 0 Å². The normalized spacial score (nSPS) is 10.8. The summed E-state index contributed by atoms with van der Waals surface area (Å²) in [6.07, 6.45) is 7.89. The maximum absolute atomic E-state index is 5.55. The Labute approximate surface area is 94.9 Å². The number of rotatable bonds is 5. The average molecular weight is 219 g/mol. The Bertz CT molecular complexity index is 443. The number of aromatic nitrogens is 4. The Hall–Kier alpha value is -1.78. The summed E-state index contributed by atoms with van der Waals surface area (Å²) in [5, 5.41) is 4.15. The van der Waals surface area contributed by atoms with E-state index in [9.17, 15) is 0 Å². The van der Waals surface area contributed by atoms with Crippen molar-refractivity contribution in [3.8, 4) is 0 Å². The highest BCUT2D eigenvalue weighted by Crippen LogP contribution is 2.03. The van der Waals surface area contributed by atoms with Crippen molar-refractivity contribution in [1.29, 1.82) is 0 Å². The van der Waals surface area contributed by atoms with E-state index < -0.39 is 0 Å². The molecule has 5 nitrogen and oxygen atoms in total. The Kier molecular flexibility index (Phi) is 3.24. The third-order valence-corrected chi connectivity index (χ3v) is 2.51. The maximum Gasteiger partial charge on any atom is 0.145 e. The predicted octanol–water partition coefficient (Wildman–Crippen LogP) is 1.31. The van der Waals surface area contributed by atoms with Gasteiger partial charge < -0.3 is 10.3 Å². The van der Waals surface area contributed by atoms with Crippen LogP contribution in [0.2, 0.25) is 0 Å². The molecule has 0 radical (unpaired) electrons. The van der Waals surface area contributed by atoms with Gasteiger partial charge in [-0.1, -0.05) is 6.92 Å². The van der Waals surface area contributed by atoms with Gasteiger partial charge in [0.2, 0.25) is 0 Å². The highest BCUT2D eigenvalue weighted by Gasteiger charge is 2.01. The van der Waals surface area contributed by atoms with Gasteiger partial charge in [0, 0.05) is 31.6 Å². The fourth-order valence-corrected chi connectivity index (χ4v) is 1.71. The molecule has 5 heteroatoms. The minimum absolute atomic E-state index is 0.569. The third kappa shape index (κ3) is 2.42. The van der Waals surface area contributed by atoms with Crippen LogP contribution in [0.15, 0.2) is 24.7 Å². The van der Waals surface area contributed by atoms with Crippen LogP contribution in [-0.4, -0.2) is 19.3 Å². The van der Waals surface area contributed by atoms with Gasteiger partial charge in [0.25, 0.3) is 0 Å². The molecule has 0 spiro atoms. The third-order valence-electron chi connectivity index (χ3n) is 2.51. The van der Waals surface area contributed by atoms with Gasteiger partial charge in [-0.3, -0.25) is 4.68 Å². The highest BCUT2D eigenvalue weighted by atomic mass is 15.3. The second kappa shape index (κ2) is 4.83. The fourth-order valence-electron chi connectivity index (χ4n) is 1.71. The van der Waals surface area contributed by atoms with E-state index in [4.69, 9.17) is 5.73 Å². The van der Waals surface area contributed by atoms with E-state index in [-0.39, 0.29) is 0 Å². The number of nitrogens with two attached hydrogens (primary N) is 1. The minimum Gasteiger partial charge on any atom is -0.382 e. The number of nitrogen functional groups attached to an aromatic ring is 1. The van der Waals surface area contributed by atoms with Gasteiger partial charge in [0.05, 0.1) is 6.54 Å². The number of hydrogen-bond acceptors (Lipinski definition) is 3. The summed E-state index contributed by atoms with van der Waals surface area (Å²) in [6, 6.07) is 1.81. The summed E-state index contributed by atoms with van der Waals surface area (Å²) >= 11 is 0. The largest absolute Gasteiger partial charge is 0.382 e. The lowest BCUT2D eigenvalue weighted by molar-refractivity contribution is 0.520. The van der Waals surface area contributed by atoms with Crippen LogP contribution in [0.1, 0.15) is 19.2 Å². The van der Waals surface area contributed by atoms with Gasteiger partial charge >= 0.3 is 0 Å². The maximum atomic E-state index is 5.55. The molecule has 2 aromatic rings. The Morgan fingerprint density at radius 3 is 2.88 bits per heavy atom. The molecule has 16 heavy (non-hydrogen) atoms. The summed E-state index contributed by atoms with van der Waals surface area (Å²) in [5.41, 5.74) is 5.55. The molecule has 0 fully saturated rings. The first-order valence-electron chi connectivity index (χ1n) is 5.58. The summed E-state index contributed by atoms with van der Waals surface area (Å²) in [5.74, 6) is 1.71. The topological polar surface area (TPSA) is 61.7 Å². The molecule has 0 saturated carbocycles. The average Bonchev–Trinajstić information content (AvgIpc) is 2.85. The zero-order chi connectivity index (χ0) is 11.4. The molecule has 2 rings (SSSR count). The molecular weight excluding hydrogens is 202 g/mol. The molecule has 0 aliphatic heterocycles.